The number of piperidine rings is 1. The Hall–Kier alpha value is -0.420. The molecule has 1 aliphatic carbocycles. The van der Waals surface area contributed by atoms with Crippen molar-refractivity contribution in [2.24, 2.45) is 11.8 Å². The lowest BCUT2D eigenvalue weighted by Crippen LogP contribution is -2.52. The molecule has 94 valence electrons. The Kier molecular flexibility index (Phi) is 4.50. The van der Waals surface area contributed by atoms with Gasteiger partial charge in [-0.15, -0.1) is 12.4 Å². The van der Waals surface area contributed by atoms with E-state index in [0.29, 0.717) is 19.0 Å². The molecule has 0 aromatic rings. The van der Waals surface area contributed by atoms with E-state index in [1.165, 1.54) is 0 Å². The summed E-state index contributed by atoms with van der Waals surface area (Å²) in [5, 5.41) is 5.23. The van der Waals surface area contributed by atoms with Gasteiger partial charge in [0, 0.05) is 6.54 Å². The van der Waals surface area contributed by atoms with Crippen LogP contribution in [0.4, 0.5) is 8.78 Å². The van der Waals surface area contributed by atoms with Crippen molar-refractivity contribution in [2.45, 2.75) is 25.2 Å². The Labute approximate surface area is 99.8 Å². The van der Waals surface area contributed by atoms with Gasteiger partial charge in [0.1, 0.15) is 5.92 Å². The van der Waals surface area contributed by atoms with Gasteiger partial charge in [-0.1, -0.05) is 0 Å². The van der Waals surface area contributed by atoms with E-state index < -0.39 is 17.7 Å². The number of amides is 1. The molecule has 1 heterocycles. The summed E-state index contributed by atoms with van der Waals surface area (Å²) in [5.41, 5.74) is 0. The molecule has 1 amide bonds. The smallest absolute Gasteiger partial charge is 0.271 e. The van der Waals surface area contributed by atoms with Crippen molar-refractivity contribution in [1.29, 1.82) is 0 Å². The van der Waals surface area contributed by atoms with E-state index in [2.05, 4.69) is 10.6 Å². The number of halogens is 3. The molecule has 0 aromatic carbocycles. The summed E-state index contributed by atoms with van der Waals surface area (Å²) in [6, 6.07) is 0. The molecule has 1 saturated heterocycles. The Bertz CT molecular complexity index is 259. The van der Waals surface area contributed by atoms with Crippen LogP contribution in [0, 0.1) is 11.8 Å². The fourth-order valence-corrected chi connectivity index (χ4v) is 1.85. The standard InChI is InChI=1S/C10H16F2N2O.ClH/c11-10(12)6-13-4-3-8(10)9(15)14-5-7-1-2-7;/h7-8,13H,1-6H2,(H,14,15);1H. The third kappa shape index (κ3) is 3.28. The van der Waals surface area contributed by atoms with Crippen LogP contribution in [0.2, 0.25) is 0 Å². The van der Waals surface area contributed by atoms with E-state index in [1.54, 1.807) is 0 Å². The largest absolute Gasteiger partial charge is 0.355 e. The van der Waals surface area contributed by atoms with Crippen LogP contribution in [-0.4, -0.2) is 31.5 Å². The number of hydrogen-bond donors (Lipinski definition) is 2. The average Bonchev–Trinajstić information content (AvgIpc) is 2.97. The van der Waals surface area contributed by atoms with E-state index in [0.717, 1.165) is 12.8 Å². The minimum atomic E-state index is -2.90. The zero-order valence-corrected chi connectivity index (χ0v) is 9.79. The first-order valence-electron chi connectivity index (χ1n) is 5.46. The molecule has 1 unspecified atom stereocenters. The lowest BCUT2D eigenvalue weighted by Gasteiger charge is -2.30. The highest BCUT2D eigenvalue weighted by Gasteiger charge is 2.45. The van der Waals surface area contributed by atoms with Crippen LogP contribution in [0.5, 0.6) is 0 Å². The van der Waals surface area contributed by atoms with E-state index >= 15 is 0 Å². The van der Waals surface area contributed by atoms with Crippen LogP contribution >= 0.6 is 12.4 Å². The molecule has 0 radical (unpaired) electrons. The molecule has 1 saturated carbocycles. The molecule has 6 heteroatoms. The van der Waals surface area contributed by atoms with Gasteiger partial charge in [-0.2, -0.15) is 0 Å². The van der Waals surface area contributed by atoms with Crippen LogP contribution in [0.15, 0.2) is 0 Å². The van der Waals surface area contributed by atoms with Gasteiger partial charge in [-0.05, 0) is 31.7 Å². The summed E-state index contributed by atoms with van der Waals surface area (Å²) < 4.78 is 26.7. The zero-order valence-electron chi connectivity index (χ0n) is 8.97. The predicted molar refractivity (Wildman–Crippen MR) is 58.9 cm³/mol. The summed E-state index contributed by atoms with van der Waals surface area (Å²) in [5.74, 6) is -3.98. The summed E-state index contributed by atoms with van der Waals surface area (Å²) in [7, 11) is 0. The third-order valence-corrected chi connectivity index (χ3v) is 3.06. The van der Waals surface area contributed by atoms with Gasteiger partial charge < -0.3 is 10.6 Å². The number of nitrogens with one attached hydrogen (secondary N) is 2. The summed E-state index contributed by atoms with van der Waals surface area (Å²) in [6.07, 6.45) is 2.45. The van der Waals surface area contributed by atoms with E-state index in [9.17, 15) is 13.6 Å². The number of rotatable bonds is 3. The first kappa shape index (κ1) is 13.6. The fourth-order valence-electron chi connectivity index (χ4n) is 1.85. The van der Waals surface area contributed by atoms with Crippen molar-refractivity contribution in [1.82, 2.24) is 10.6 Å². The van der Waals surface area contributed by atoms with Crippen molar-refractivity contribution < 1.29 is 13.6 Å². The minimum absolute atomic E-state index is 0. The molecule has 2 N–H and O–H groups in total. The molecule has 16 heavy (non-hydrogen) atoms. The summed E-state index contributed by atoms with van der Waals surface area (Å²) >= 11 is 0. The van der Waals surface area contributed by atoms with Gasteiger partial charge in [0.15, 0.2) is 0 Å². The average molecular weight is 255 g/mol. The predicted octanol–water partition coefficient (Wildman–Crippen LogP) is 1.18. The molecule has 0 spiro atoms. The van der Waals surface area contributed by atoms with Crippen molar-refractivity contribution in [3.63, 3.8) is 0 Å². The maximum atomic E-state index is 13.3. The normalized spacial score (nSPS) is 28.0. The molecule has 3 nitrogen and oxygen atoms in total. The maximum absolute atomic E-state index is 13.3. The number of alkyl halides is 2. The van der Waals surface area contributed by atoms with E-state index in [4.69, 9.17) is 0 Å². The number of hydrogen-bond acceptors (Lipinski definition) is 2. The van der Waals surface area contributed by atoms with E-state index in [-0.39, 0.29) is 25.4 Å². The van der Waals surface area contributed by atoms with Crippen LogP contribution in [0.1, 0.15) is 19.3 Å². The minimum Gasteiger partial charge on any atom is -0.355 e. The quantitative estimate of drug-likeness (QED) is 0.794. The van der Waals surface area contributed by atoms with Crippen LogP contribution in [0.25, 0.3) is 0 Å². The second-order valence-electron chi connectivity index (χ2n) is 4.47. The third-order valence-electron chi connectivity index (χ3n) is 3.06. The monoisotopic (exact) mass is 254 g/mol. The van der Waals surface area contributed by atoms with Gasteiger partial charge in [0.05, 0.1) is 6.54 Å². The molecular weight excluding hydrogens is 238 g/mol. The molecule has 1 aliphatic heterocycles. The maximum Gasteiger partial charge on any atom is 0.271 e. The summed E-state index contributed by atoms with van der Waals surface area (Å²) in [4.78, 5) is 11.5. The highest BCUT2D eigenvalue weighted by molar-refractivity contribution is 5.85. The van der Waals surface area contributed by atoms with Gasteiger partial charge >= 0.3 is 0 Å². The lowest BCUT2D eigenvalue weighted by molar-refractivity contribution is -0.142. The van der Waals surface area contributed by atoms with Gasteiger partial charge in [0.2, 0.25) is 5.91 Å². The summed E-state index contributed by atoms with van der Waals surface area (Å²) in [6.45, 7) is 0.685. The van der Waals surface area contributed by atoms with Gasteiger partial charge in [0.25, 0.3) is 5.92 Å². The highest BCUT2D eigenvalue weighted by Crippen LogP contribution is 2.31. The molecule has 2 rings (SSSR count). The lowest BCUT2D eigenvalue weighted by atomic mass is 9.93. The highest BCUT2D eigenvalue weighted by atomic mass is 35.5. The van der Waals surface area contributed by atoms with Crippen LogP contribution < -0.4 is 10.6 Å². The van der Waals surface area contributed by atoms with Crippen molar-refractivity contribution in [3.05, 3.63) is 0 Å². The Balaban J connectivity index is 0.00000128. The Morgan fingerprint density at radius 3 is 2.62 bits per heavy atom. The van der Waals surface area contributed by atoms with E-state index in [1.807, 2.05) is 0 Å². The second-order valence-corrected chi connectivity index (χ2v) is 4.47. The number of carbonyl (C=O) groups excluding carboxylic acids is 1. The molecule has 2 aliphatic rings. The topological polar surface area (TPSA) is 41.1 Å². The zero-order chi connectivity index (χ0) is 10.9. The Morgan fingerprint density at radius 1 is 1.38 bits per heavy atom. The first-order valence-corrected chi connectivity index (χ1v) is 5.46. The van der Waals surface area contributed by atoms with Crippen molar-refractivity contribution in [2.75, 3.05) is 19.6 Å². The SMILES string of the molecule is Cl.O=C(NCC1CC1)C1CCNCC1(F)F. The van der Waals surface area contributed by atoms with Crippen molar-refractivity contribution in [3.8, 4) is 0 Å². The van der Waals surface area contributed by atoms with Crippen molar-refractivity contribution >= 4 is 18.3 Å². The second kappa shape index (κ2) is 5.27. The fraction of sp³-hybridized carbons (Fsp3) is 0.900. The Morgan fingerprint density at radius 2 is 2.06 bits per heavy atom. The molecule has 2 fully saturated rings. The van der Waals surface area contributed by atoms with Gasteiger partial charge in [-0.3, -0.25) is 4.79 Å². The van der Waals surface area contributed by atoms with Gasteiger partial charge in [-0.25, -0.2) is 8.78 Å². The molecule has 0 aromatic heterocycles. The molecular formula is C10H17ClF2N2O. The first-order chi connectivity index (χ1) is 7.09. The molecule has 0 bridgehead atoms. The van der Waals surface area contributed by atoms with Crippen LogP contribution in [0.3, 0.4) is 0 Å². The molecule has 1 atom stereocenters. The number of carbonyl (C=O) groups is 1. The van der Waals surface area contributed by atoms with Crippen LogP contribution in [-0.2, 0) is 4.79 Å².